The number of allylic oxidation sites excluding steroid dienone is 2. The highest BCUT2D eigenvalue weighted by Gasteiger charge is 2.13. The smallest absolute Gasteiger partial charge is 0.0119 e. The Labute approximate surface area is 99.9 Å². The molecule has 1 heteroatoms. The first-order chi connectivity index (χ1) is 7.08. The molecule has 0 aromatic carbocycles. The van der Waals surface area contributed by atoms with Crippen molar-refractivity contribution in [3.63, 3.8) is 0 Å². The van der Waals surface area contributed by atoms with Gasteiger partial charge in [-0.2, -0.15) is 0 Å². The molecule has 0 bridgehead atoms. The summed E-state index contributed by atoms with van der Waals surface area (Å²) < 4.78 is 0.385. The van der Waals surface area contributed by atoms with Gasteiger partial charge in [-0.1, -0.05) is 52.5 Å². The molecule has 0 unspecified atom stereocenters. The van der Waals surface area contributed by atoms with E-state index in [4.69, 9.17) is 0 Å². The first kappa shape index (κ1) is 13.2. The lowest BCUT2D eigenvalue weighted by Crippen LogP contribution is -2.07. The summed E-state index contributed by atoms with van der Waals surface area (Å²) in [6, 6.07) is 0. The Morgan fingerprint density at radius 1 is 0.933 bits per heavy atom. The van der Waals surface area contributed by atoms with Crippen LogP contribution in [0.5, 0.6) is 0 Å². The van der Waals surface area contributed by atoms with Gasteiger partial charge in [-0.3, -0.25) is 0 Å². The van der Waals surface area contributed by atoms with Gasteiger partial charge in [0.2, 0.25) is 0 Å². The molecular formula is C14H26S. The van der Waals surface area contributed by atoms with Crippen LogP contribution >= 0.6 is 11.8 Å². The quantitative estimate of drug-likeness (QED) is 0.566. The summed E-state index contributed by atoms with van der Waals surface area (Å²) in [5.41, 5.74) is 0. The van der Waals surface area contributed by atoms with Gasteiger partial charge < -0.3 is 0 Å². The third-order valence-corrected chi connectivity index (χ3v) is 3.93. The van der Waals surface area contributed by atoms with Gasteiger partial charge in [0.15, 0.2) is 0 Å². The molecule has 0 radical (unpaired) electrons. The van der Waals surface area contributed by atoms with Crippen molar-refractivity contribution in [3.8, 4) is 0 Å². The Morgan fingerprint density at radius 3 is 2.20 bits per heavy atom. The molecule has 1 aliphatic carbocycles. The number of thioether (sulfide) groups is 1. The van der Waals surface area contributed by atoms with Crippen molar-refractivity contribution in [2.24, 2.45) is 0 Å². The molecule has 0 spiro atoms. The summed E-state index contributed by atoms with van der Waals surface area (Å²) in [5.74, 6) is 0. The van der Waals surface area contributed by atoms with Gasteiger partial charge in [-0.15, -0.1) is 11.8 Å². The molecule has 0 aliphatic heterocycles. The largest absolute Gasteiger partial charge is 0.125 e. The Morgan fingerprint density at radius 2 is 1.53 bits per heavy atom. The molecule has 0 aromatic heterocycles. The summed E-state index contributed by atoms with van der Waals surface area (Å²) in [5, 5.41) is 0. The Balaban J connectivity index is 2.46. The molecular weight excluding hydrogens is 200 g/mol. The van der Waals surface area contributed by atoms with Gasteiger partial charge in [0, 0.05) is 4.75 Å². The monoisotopic (exact) mass is 226 g/mol. The summed E-state index contributed by atoms with van der Waals surface area (Å²) in [6.07, 6.45) is 13.7. The third kappa shape index (κ3) is 7.05. The average molecular weight is 226 g/mol. The van der Waals surface area contributed by atoms with Crippen LogP contribution in [0.25, 0.3) is 0 Å². The number of hydrogen-bond acceptors (Lipinski definition) is 1. The minimum atomic E-state index is 0.385. The van der Waals surface area contributed by atoms with E-state index in [0.717, 1.165) is 0 Å². The highest BCUT2D eigenvalue weighted by molar-refractivity contribution is 8.04. The standard InChI is InChI=1S/C14H26S/c1-14(2,3)15-13-11-9-7-5-4-6-8-10-12-13/h11H,4-10,12H2,1-3H3/b13-11+. The zero-order valence-electron chi connectivity index (χ0n) is 10.6. The molecule has 0 aromatic rings. The van der Waals surface area contributed by atoms with Crippen molar-refractivity contribution in [3.05, 3.63) is 11.0 Å². The van der Waals surface area contributed by atoms with Crippen LogP contribution in [-0.4, -0.2) is 4.75 Å². The molecule has 0 atom stereocenters. The second-order valence-electron chi connectivity index (χ2n) is 5.54. The van der Waals surface area contributed by atoms with Gasteiger partial charge >= 0.3 is 0 Å². The predicted octanol–water partition coefficient (Wildman–Crippen LogP) is 5.54. The summed E-state index contributed by atoms with van der Waals surface area (Å²) >= 11 is 2.08. The van der Waals surface area contributed by atoms with Crippen LogP contribution in [0.3, 0.4) is 0 Å². The van der Waals surface area contributed by atoms with E-state index in [1.165, 1.54) is 51.4 Å². The lowest BCUT2D eigenvalue weighted by Gasteiger charge is -2.20. The second kappa shape index (κ2) is 6.62. The summed E-state index contributed by atoms with van der Waals surface area (Å²) in [7, 11) is 0. The third-order valence-electron chi connectivity index (χ3n) is 2.69. The van der Waals surface area contributed by atoms with Crippen molar-refractivity contribution >= 4 is 11.8 Å². The minimum Gasteiger partial charge on any atom is -0.125 e. The maximum absolute atomic E-state index is 2.50. The van der Waals surface area contributed by atoms with Crippen molar-refractivity contribution in [1.29, 1.82) is 0 Å². The van der Waals surface area contributed by atoms with E-state index in [1.54, 1.807) is 4.91 Å². The fraction of sp³-hybridized carbons (Fsp3) is 0.857. The topological polar surface area (TPSA) is 0 Å². The maximum Gasteiger partial charge on any atom is 0.0119 e. The Bertz CT molecular complexity index is 198. The van der Waals surface area contributed by atoms with E-state index in [0.29, 0.717) is 4.75 Å². The molecule has 0 heterocycles. The van der Waals surface area contributed by atoms with E-state index in [-0.39, 0.29) is 0 Å². The van der Waals surface area contributed by atoms with Gasteiger partial charge in [0.05, 0.1) is 0 Å². The van der Waals surface area contributed by atoms with Gasteiger partial charge in [-0.05, 0) is 30.6 Å². The molecule has 1 rings (SSSR count). The highest BCUT2D eigenvalue weighted by atomic mass is 32.2. The minimum absolute atomic E-state index is 0.385. The predicted molar refractivity (Wildman–Crippen MR) is 72.4 cm³/mol. The lowest BCUT2D eigenvalue weighted by atomic mass is 10.1. The van der Waals surface area contributed by atoms with Crippen LogP contribution in [-0.2, 0) is 0 Å². The zero-order chi connectivity index (χ0) is 11.1. The fourth-order valence-electron chi connectivity index (χ4n) is 2.00. The molecule has 0 nitrogen and oxygen atoms in total. The van der Waals surface area contributed by atoms with Crippen LogP contribution in [0.1, 0.15) is 72.1 Å². The van der Waals surface area contributed by atoms with E-state index in [9.17, 15) is 0 Å². The van der Waals surface area contributed by atoms with Crippen LogP contribution in [0, 0.1) is 0 Å². The summed E-state index contributed by atoms with van der Waals surface area (Å²) in [6.45, 7) is 6.95. The zero-order valence-corrected chi connectivity index (χ0v) is 11.5. The van der Waals surface area contributed by atoms with Crippen LogP contribution in [0.15, 0.2) is 11.0 Å². The molecule has 0 amide bonds. The van der Waals surface area contributed by atoms with Gasteiger partial charge in [0.1, 0.15) is 0 Å². The van der Waals surface area contributed by atoms with Crippen LogP contribution in [0.2, 0.25) is 0 Å². The van der Waals surface area contributed by atoms with Crippen molar-refractivity contribution < 1.29 is 0 Å². The fourth-order valence-corrected chi connectivity index (χ4v) is 3.24. The highest BCUT2D eigenvalue weighted by Crippen LogP contribution is 2.35. The molecule has 0 fully saturated rings. The van der Waals surface area contributed by atoms with Gasteiger partial charge in [-0.25, -0.2) is 0 Å². The van der Waals surface area contributed by atoms with Crippen molar-refractivity contribution in [1.82, 2.24) is 0 Å². The molecule has 0 N–H and O–H groups in total. The Kier molecular flexibility index (Phi) is 5.81. The van der Waals surface area contributed by atoms with E-state index >= 15 is 0 Å². The average Bonchev–Trinajstić information content (AvgIpc) is 2.13. The first-order valence-electron chi connectivity index (χ1n) is 6.46. The molecule has 0 saturated heterocycles. The van der Waals surface area contributed by atoms with Crippen molar-refractivity contribution in [2.45, 2.75) is 76.9 Å². The van der Waals surface area contributed by atoms with Crippen molar-refractivity contribution in [2.75, 3.05) is 0 Å². The first-order valence-corrected chi connectivity index (χ1v) is 7.28. The van der Waals surface area contributed by atoms with E-state index in [2.05, 4.69) is 38.6 Å². The molecule has 15 heavy (non-hydrogen) atoms. The van der Waals surface area contributed by atoms with E-state index in [1.807, 2.05) is 0 Å². The molecule has 88 valence electrons. The lowest BCUT2D eigenvalue weighted by molar-refractivity contribution is 0.590. The molecule has 1 aliphatic rings. The summed E-state index contributed by atoms with van der Waals surface area (Å²) in [4.78, 5) is 1.64. The van der Waals surface area contributed by atoms with Crippen LogP contribution < -0.4 is 0 Å². The van der Waals surface area contributed by atoms with E-state index < -0.39 is 0 Å². The number of hydrogen-bond donors (Lipinski definition) is 0. The van der Waals surface area contributed by atoms with Crippen LogP contribution in [0.4, 0.5) is 0 Å². The second-order valence-corrected chi connectivity index (χ2v) is 7.50. The van der Waals surface area contributed by atoms with Gasteiger partial charge in [0.25, 0.3) is 0 Å². The normalized spacial score (nSPS) is 24.3. The maximum atomic E-state index is 2.50. The Hall–Kier alpha value is 0.0900. The number of rotatable bonds is 1. The molecule has 0 saturated carbocycles. The SMILES string of the molecule is CC(C)(C)S/C1=C/CCCCCCCC1.